The topological polar surface area (TPSA) is 87.5 Å². The third-order valence-electron chi connectivity index (χ3n) is 5.46. The van der Waals surface area contributed by atoms with Crippen molar-refractivity contribution in [2.75, 3.05) is 19.0 Å². The van der Waals surface area contributed by atoms with E-state index in [9.17, 15) is 4.79 Å². The van der Waals surface area contributed by atoms with Gasteiger partial charge in [-0.3, -0.25) is 13.8 Å². The van der Waals surface area contributed by atoms with Gasteiger partial charge in [0.05, 0.1) is 10.9 Å². The maximum absolute atomic E-state index is 13.1. The summed E-state index contributed by atoms with van der Waals surface area (Å²) in [5.74, 6) is 2.14. The Balaban J connectivity index is 1.36. The summed E-state index contributed by atoms with van der Waals surface area (Å²) in [6.07, 6.45) is 2.38. The van der Waals surface area contributed by atoms with E-state index in [-0.39, 0.29) is 5.56 Å². The number of ether oxygens (including phenoxy) is 1. The van der Waals surface area contributed by atoms with Crippen LogP contribution in [0.5, 0.6) is 0 Å². The molecule has 170 valence electrons. The molecule has 3 aromatic heterocycles. The summed E-state index contributed by atoms with van der Waals surface area (Å²) < 4.78 is 15.0. The van der Waals surface area contributed by atoms with Gasteiger partial charge in [0.25, 0.3) is 5.56 Å². The third kappa shape index (κ3) is 4.38. The molecule has 0 amide bonds. The molecule has 9 heteroatoms. The Morgan fingerprint density at radius 3 is 2.79 bits per heavy atom. The van der Waals surface area contributed by atoms with Crippen LogP contribution in [0.1, 0.15) is 25.7 Å². The summed E-state index contributed by atoms with van der Waals surface area (Å²) in [5.41, 5.74) is 2.48. The van der Waals surface area contributed by atoms with Crippen molar-refractivity contribution < 1.29 is 9.15 Å². The van der Waals surface area contributed by atoms with E-state index in [0.717, 1.165) is 52.7 Å². The zero-order valence-electron chi connectivity index (χ0n) is 18.4. The molecule has 0 spiro atoms. The summed E-state index contributed by atoms with van der Waals surface area (Å²) in [6, 6.07) is 15.4. The number of para-hydroxylation sites is 3. The average molecular weight is 464 g/mol. The molecule has 0 saturated heterocycles. The number of hydrogen-bond donors (Lipinski definition) is 0. The summed E-state index contributed by atoms with van der Waals surface area (Å²) in [6.45, 7) is 3.77. The molecule has 0 radical (unpaired) electrons. The summed E-state index contributed by atoms with van der Waals surface area (Å²) in [4.78, 5) is 17.7. The molecule has 0 aliphatic rings. The van der Waals surface area contributed by atoms with Gasteiger partial charge in [-0.2, -0.15) is 0 Å². The van der Waals surface area contributed by atoms with E-state index in [4.69, 9.17) is 9.15 Å². The minimum atomic E-state index is -0.0468. The molecule has 0 saturated carbocycles. The molecule has 0 unspecified atom stereocenters. The summed E-state index contributed by atoms with van der Waals surface area (Å²) >= 11 is 1.62. The molecule has 0 bridgehead atoms. The lowest BCUT2D eigenvalue weighted by molar-refractivity contribution is 0.141. The van der Waals surface area contributed by atoms with Crippen LogP contribution in [0.3, 0.4) is 0 Å². The molecule has 5 rings (SSSR count). The predicted octanol–water partition coefficient (Wildman–Crippen LogP) is 4.34. The monoisotopic (exact) mass is 463 g/mol. The lowest BCUT2D eigenvalue weighted by Gasteiger charge is -2.11. The number of oxazole rings is 1. The minimum absolute atomic E-state index is 0.0468. The number of thioether (sulfide) groups is 1. The number of fused-ring (bicyclic) bond motifs is 4. The Morgan fingerprint density at radius 1 is 1.06 bits per heavy atom. The van der Waals surface area contributed by atoms with Crippen LogP contribution in [0.15, 0.2) is 62.9 Å². The normalized spacial score (nSPS) is 11.8. The SMILES string of the molecule is CCOCCCn1c(=O)c2ccccc2n2c(SCCCc3nc4ccccc4o3)nnc12. The zero-order chi connectivity index (χ0) is 22.6. The number of rotatable bonds is 10. The second-order valence-corrected chi connectivity index (χ2v) is 8.73. The average Bonchev–Trinajstić information content (AvgIpc) is 3.45. The van der Waals surface area contributed by atoms with Crippen LogP contribution >= 0.6 is 11.8 Å². The van der Waals surface area contributed by atoms with Gasteiger partial charge in [0.1, 0.15) is 5.52 Å². The van der Waals surface area contributed by atoms with Crippen molar-refractivity contribution >= 4 is 39.5 Å². The van der Waals surface area contributed by atoms with Crippen LogP contribution in [0.25, 0.3) is 27.8 Å². The zero-order valence-corrected chi connectivity index (χ0v) is 19.3. The van der Waals surface area contributed by atoms with E-state index in [1.807, 2.05) is 59.9 Å². The van der Waals surface area contributed by atoms with Gasteiger partial charge in [0.15, 0.2) is 16.6 Å². The fraction of sp³-hybridized carbons (Fsp3) is 0.333. The Kier molecular flexibility index (Phi) is 6.41. The number of aryl methyl sites for hydroxylation is 2. The van der Waals surface area contributed by atoms with Crippen LogP contribution in [0.2, 0.25) is 0 Å². The van der Waals surface area contributed by atoms with Crippen LogP contribution in [0.4, 0.5) is 0 Å². The van der Waals surface area contributed by atoms with Crippen molar-refractivity contribution in [3.05, 3.63) is 64.8 Å². The molecule has 2 aromatic carbocycles. The number of benzene rings is 2. The smallest absolute Gasteiger partial charge is 0.262 e. The maximum atomic E-state index is 13.1. The lowest BCUT2D eigenvalue weighted by atomic mass is 10.2. The van der Waals surface area contributed by atoms with E-state index in [2.05, 4.69) is 15.2 Å². The Bertz CT molecular complexity index is 1420. The van der Waals surface area contributed by atoms with Gasteiger partial charge in [-0.15, -0.1) is 10.2 Å². The fourth-order valence-corrected chi connectivity index (χ4v) is 4.79. The first-order valence-electron chi connectivity index (χ1n) is 11.2. The summed E-state index contributed by atoms with van der Waals surface area (Å²) in [7, 11) is 0. The highest BCUT2D eigenvalue weighted by molar-refractivity contribution is 7.99. The first kappa shape index (κ1) is 21.7. The summed E-state index contributed by atoms with van der Waals surface area (Å²) in [5, 5.41) is 10.2. The molecule has 0 N–H and O–H groups in total. The van der Waals surface area contributed by atoms with Gasteiger partial charge in [-0.1, -0.05) is 36.0 Å². The van der Waals surface area contributed by atoms with Gasteiger partial charge in [-0.05, 0) is 44.0 Å². The standard InChI is InChI=1S/C24H25N5O3S/c1-2-31-15-8-14-28-22(30)17-9-3-5-11-19(17)29-23(28)26-27-24(29)33-16-7-13-21-25-18-10-4-6-12-20(18)32-21/h3-6,9-12H,2,7-8,13-16H2,1H3. The van der Waals surface area contributed by atoms with E-state index >= 15 is 0 Å². The number of aromatic nitrogens is 5. The molecule has 0 aliphatic carbocycles. The Labute approximate surface area is 194 Å². The van der Waals surface area contributed by atoms with Crippen molar-refractivity contribution in [2.45, 2.75) is 37.9 Å². The predicted molar refractivity (Wildman–Crippen MR) is 129 cm³/mol. The van der Waals surface area contributed by atoms with Gasteiger partial charge in [0, 0.05) is 31.9 Å². The van der Waals surface area contributed by atoms with Crippen LogP contribution in [0, 0.1) is 0 Å². The van der Waals surface area contributed by atoms with E-state index in [1.165, 1.54) is 0 Å². The minimum Gasteiger partial charge on any atom is -0.441 e. The van der Waals surface area contributed by atoms with E-state index in [1.54, 1.807) is 16.3 Å². The van der Waals surface area contributed by atoms with Crippen LogP contribution < -0.4 is 5.56 Å². The number of hydrogen-bond acceptors (Lipinski definition) is 7. The highest BCUT2D eigenvalue weighted by Gasteiger charge is 2.16. The van der Waals surface area contributed by atoms with Crippen molar-refractivity contribution in [2.24, 2.45) is 0 Å². The van der Waals surface area contributed by atoms with Crippen molar-refractivity contribution in [3.8, 4) is 0 Å². The second kappa shape index (κ2) is 9.76. The van der Waals surface area contributed by atoms with Crippen molar-refractivity contribution in [1.29, 1.82) is 0 Å². The van der Waals surface area contributed by atoms with Crippen molar-refractivity contribution in [1.82, 2.24) is 24.1 Å². The van der Waals surface area contributed by atoms with E-state index < -0.39 is 0 Å². The molecular formula is C24H25N5O3S. The third-order valence-corrected chi connectivity index (χ3v) is 6.47. The molecule has 3 heterocycles. The second-order valence-electron chi connectivity index (χ2n) is 7.67. The van der Waals surface area contributed by atoms with Crippen LogP contribution in [-0.4, -0.2) is 43.1 Å². The maximum Gasteiger partial charge on any atom is 0.262 e. The highest BCUT2D eigenvalue weighted by Crippen LogP contribution is 2.23. The number of nitrogens with zero attached hydrogens (tertiary/aromatic N) is 5. The Morgan fingerprint density at radius 2 is 1.91 bits per heavy atom. The fourth-order valence-electron chi connectivity index (χ4n) is 3.91. The highest BCUT2D eigenvalue weighted by atomic mass is 32.2. The van der Waals surface area contributed by atoms with Crippen LogP contribution in [-0.2, 0) is 17.7 Å². The first-order chi connectivity index (χ1) is 16.3. The van der Waals surface area contributed by atoms with Gasteiger partial charge in [-0.25, -0.2) is 4.98 Å². The molecule has 5 aromatic rings. The Hall–Kier alpha value is -3.17. The molecular weight excluding hydrogens is 438 g/mol. The quantitative estimate of drug-likeness (QED) is 0.225. The van der Waals surface area contributed by atoms with Gasteiger partial charge < -0.3 is 9.15 Å². The molecule has 0 atom stereocenters. The van der Waals surface area contributed by atoms with Crippen molar-refractivity contribution in [3.63, 3.8) is 0 Å². The van der Waals surface area contributed by atoms with Gasteiger partial charge >= 0.3 is 0 Å². The molecule has 0 aliphatic heterocycles. The molecule has 33 heavy (non-hydrogen) atoms. The van der Waals surface area contributed by atoms with Gasteiger partial charge in [0.2, 0.25) is 5.78 Å². The first-order valence-corrected chi connectivity index (χ1v) is 12.2. The lowest BCUT2D eigenvalue weighted by Crippen LogP contribution is -2.24. The largest absolute Gasteiger partial charge is 0.441 e. The molecule has 8 nitrogen and oxygen atoms in total. The molecule has 0 fully saturated rings. The van der Waals surface area contributed by atoms with E-state index in [0.29, 0.717) is 30.9 Å².